The van der Waals surface area contributed by atoms with Crippen molar-refractivity contribution in [3.8, 4) is 11.4 Å². The summed E-state index contributed by atoms with van der Waals surface area (Å²) in [6.07, 6.45) is 2.44. The number of ether oxygens (including phenoxy) is 1. The van der Waals surface area contributed by atoms with E-state index in [-0.39, 0.29) is 23.6 Å². The van der Waals surface area contributed by atoms with Crippen LogP contribution in [0.3, 0.4) is 0 Å². The molecule has 0 saturated carbocycles. The molecule has 192 valence electrons. The summed E-state index contributed by atoms with van der Waals surface area (Å²) in [6, 6.07) is 9.21. The molecule has 37 heavy (non-hydrogen) atoms. The Kier molecular flexibility index (Phi) is 6.83. The number of halogens is 3. The van der Waals surface area contributed by atoms with Crippen LogP contribution in [-0.2, 0) is 11.4 Å². The first-order chi connectivity index (χ1) is 17.7. The number of rotatable bonds is 6. The highest BCUT2D eigenvalue weighted by atomic mass is 35.5. The van der Waals surface area contributed by atoms with Crippen LogP contribution in [0.1, 0.15) is 36.7 Å². The van der Waals surface area contributed by atoms with Gasteiger partial charge in [-0.15, -0.1) is 0 Å². The molecule has 1 amide bonds. The van der Waals surface area contributed by atoms with Gasteiger partial charge in [0.25, 0.3) is 0 Å². The molecule has 10 heteroatoms. The summed E-state index contributed by atoms with van der Waals surface area (Å²) in [7, 11) is 0. The second kappa shape index (κ2) is 10.1. The SMILES string of the molecule is Cc1cc(-n2cc(F)cn2)c2cccc(OCc3c(Cl)cc(F)cc3[C@H](C)N3CCN[C@H](C)C3=O)c2n1. The van der Waals surface area contributed by atoms with E-state index in [0.717, 1.165) is 11.6 Å². The maximum absolute atomic E-state index is 14.4. The zero-order chi connectivity index (χ0) is 26.3. The number of piperazine rings is 1. The highest BCUT2D eigenvalue weighted by molar-refractivity contribution is 6.31. The summed E-state index contributed by atoms with van der Waals surface area (Å²) < 4.78 is 35.8. The molecule has 0 spiro atoms. The Morgan fingerprint density at radius 2 is 2.05 bits per heavy atom. The van der Waals surface area contributed by atoms with E-state index in [0.29, 0.717) is 46.9 Å². The van der Waals surface area contributed by atoms with Crippen LogP contribution in [0.5, 0.6) is 5.75 Å². The molecule has 2 atom stereocenters. The molecular formula is C27H26ClF2N5O2. The number of nitrogens with one attached hydrogen (secondary N) is 1. The fraction of sp³-hybridized carbons (Fsp3) is 0.296. The molecule has 1 saturated heterocycles. The quantitative estimate of drug-likeness (QED) is 0.378. The summed E-state index contributed by atoms with van der Waals surface area (Å²) in [5, 5.41) is 8.18. The molecule has 1 fully saturated rings. The van der Waals surface area contributed by atoms with E-state index in [1.807, 2.05) is 39.0 Å². The number of nitrogens with zero attached hydrogens (tertiary/aromatic N) is 4. The van der Waals surface area contributed by atoms with Crippen molar-refractivity contribution in [3.63, 3.8) is 0 Å². The van der Waals surface area contributed by atoms with Gasteiger partial charge in [-0.1, -0.05) is 23.7 Å². The maximum atomic E-state index is 14.4. The van der Waals surface area contributed by atoms with Gasteiger partial charge in [0.15, 0.2) is 5.82 Å². The molecule has 0 bridgehead atoms. The van der Waals surface area contributed by atoms with Crippen LogP contribution in [-0.4, -0.2) is 44.7 Å². The summed E-state index contributed by atoms with van der Waals surface area (Å²) in [6.45, 7) is 6.70. The number of aromatic nitrogens is 3. The van der Waals surface area contributed by atoms with Gasteiger partial charge in [0, 0.05) is 29.7 Å². The highest BCUT2D eigenvalue weighted by Crippen LogP contribution is 2.34. The summed E-state index contributed by atoms with van der Waals surface area (Å²) in [4.78, 5) is 19.2. The third-order valence-electron chi connectivity index (χ3n) is 6.65. The van der Waals surface area contributed by atoms with Crippen molar-refractivity contribution in [1.29, 1.82) is 0 Å². The number of pyridine rings is 1. The van der Waals surface area contributed by atoms with Crippen molar-refractivity contribution >= 4 is 28.4 Å². The first-order valence-electron chi connectivity index (χ1n) is 12.0. The number of benzene rings is 2. The number of para-hydroxylation sites is 1. The van der Waals surface area contributed by atoms with E-state index >= 15 is 0 Å². The zero-order valence-corrected chi connectivity index (χ0v) is 21.4. The normalized spacial score (nSPS) is 16.9. The van der Waals surface area contributed by atoms with Crippen molar-refractivity contribution in [2.45, 2.75) is 39.5 Å². The lowest BCUT2D eigenvalue weighted by Crippen LogP contribution is -2.54. The van der Waals surface area contributed by atoms with Crippen molar-refractivity contribution in [2.75, 3.05) is 13.1 Å². The van der Waals surface area contributed by atoms with Gasteiger partial charge >= 0.3 is 0 Å². The Bertz CT molecular complexity index is 1490. The number of carbonyl (C=O) groups is 1. The molecule has 1 aliphatic rings. The lowest BCUT2D eigenvalue weighted by atomic mass is 9.98. The van der Waals surface area contributed by atoms with Crippen molar-refractivity contribution in [1.82, 2.24) is 25.0 Å². The smallest absolute Gasteiger partial charge is 0.239 e. The summed E-state index contributed by atoms with van der Waals surface area (Å²) in [5.41, 5.74) is 3.12. The second-order valence-corrected chi connectivity index (χ2v) is 9.57. The van der Waals surface area contributed by atoms with Gasteiger partial charge in [-0.2, -0.15) is 5.10 Å². The fourth-order valence-corrected chi connectivity index (χ4v) is 5.03. The van der Waals surface area contributed by atoms with Gasteiger partial charge in [0.2, 0.25) is 5.91 Å². The van der Waals surface area contributed by atoms with Crippen LogP contribution < -0.4 is 10.1 Å². The minimum Gasteiger partial charge on any atom is -0.487 e. The molecule has 1 aliphatic heterocycles. The average molecular weight is 526 g/mol. The van der Waals surface area contributed by atoms with E-state index in [1.54, 1.807) is 11.0 Å². The third-order valence-corrected chi connectivity index (χ3v) is 6.98. The molecule has 5 rings (SSSR count). The third kappa shape index (κ3) is 4.89. The van der Waals surface area contributed by atoms with E-state index in [9.17, 15) is 13.6 Å². The predicted octanol–water partition coefficient (Wildman–Crippen LogP) is 5.12. The summed E-state index contributed by atoms with van der Waals surface area (Å²) in [5.74, 6) is -0.493. The van der Waals surface area contributed by atoms with E-state index in [1.165, 1.54) is 23.0 Å². The lowest BCUT2D eigenvalue weighted by molar-refractivity contribution is -0.137. The van der Waals surface area contributed by atoms with E-state index < -0.39 is 17.7 Å². The number of amides is 1. The van der Waals surface area contributed by atoms with Crippen molar-refractivity contribution < 1.29 is 18.3 Å². The Hall–Kier alpha value is -3.56. The van der Waals surface area contributed by atoms with Gasteiger partial charge in [-0.25, -0.2) is 18.4 Å². The number of hydrogen-bond acceptors (Lipinski definition) is 5. The molecule has 0 radical (unpaired) electrons. The molecule has 0 aliphatic carbocycles. The minimum absolute atomic E-state index is 0.0368. The number of fused-ring (bicyclic) bond motifs is 1. The van der Waals surface area contributed by atoms with Gasteiger partial charge in [-0.05, 0) is 50.6 Å². The van der Waals surface area contributed by atoms with Gasteiger partial charge in [-0.3, -0.25) is 4.79 Å². The number of carbonyl (C=O) groups excluding carboxylic acids is 1. The van der Waals surface area contributed by atoms with E-state index in [4.69, 9.17) is 16.3 Å². The first-order valence-corrected chi connectivity index (χ1v) is 12.4. The predicted molar refractivity (Wildman–Crippen MR) is 137 cm³/mol. The first kappa shape index (κ1) is 25.1. The monoisotopic (exact) mass is 525 g/mol. The zero-order valence-electron chi connectivity index (χ0n) is 20.6. The largest absolute Gasteiger partial charge is 0.487 e. The number of hydrogen-bond donors (Lipinski definition) is 1. The maximum Gasteiger partial charge on any atom is 0.239 e. The summed E-state index contributed by atoms with van der Waals surface area (Å²) >= 11 is 6.50. The van der Waals surface area contributed by atoms with Gasteiger partial charge < -0.3 is 15.0 Å². The standard InChI is InChI=1S/C27H26ClF2N5O2/c1-15-9-24(35-13-19(30)12-32-35)20-5-4-6-25(26(20)33-15)37-14-22-21(10-18(29)11-23(22)28)17(3)34-8-7-31-16(2)27(34)36/h4-6,9-13,16-17,31H,7-8,14H2,1-3H3/t16-,17+/m1/s1. The van der Waals surface area contributed by atoms with Crippen molar-refractivity contribution in [3.05, 3.63) is 82.3 Å². The molecule has 2 aromatic carbocycles. The van der Waals surface area contributed by atoms with Gasteiger partial charge in [0.05, 0.1) is 35.2 Å². The molecule has 7 nitrogen and oxygen atoms in total. The van der Waals surface area contributed by atoms with Crippen LogP contribution in [0.2, 0.25) is 5.02 Å². The van der Waals surface area contributed by atoms with Crippen LogP contribution in [0.4, 0.5) is 8.78 Å². The number of aryl methyl sites for hydroxylation is 1. The van der Waals surface area contributed by atoms with E-state index in [2.05, 4.69) is 15.4 Å². The lowest BCUT2D eigenvalue weighted by Gasteiger charge is -2.37. The molecule has 1 N–H and O–H groups in total. The minimum atomic E-state index is -0.482. The van der Waals surface area contributed by atoms with Crippen LogP contribution in [0, 0.1) is 18.6 Å². The molecule has 3 heterocycles. The Morgan fingerprint density at radius 3 is 2.81 bits per heavy atom. The Morgan fingerprint density at radius 1 is 1.24 bits per heavy atom. The molecule has 2 aromatic heterocycles. The molecule has 0 unspecified atom stereocenters. The fourth-order valence-electron chi connectivity index (χ4n) is 4.77. The Labute approximate surface area is 218 Å². The molecule has 4 aromatic rings. The van der Waals surface area contributed by atoms with Crippen LogP contribution in [0.25, 0.3) is 16.6 Å². The molecular weight excluding hydrogens is 500 g/mol. The van der Waals surface area contributed by atoms with Crippen LogP contribution in [0.15, 0.2) is 48.8 Å². The average Bonchev–Trinajstić information content (AvgIpc) is 3.30. The van der Waals surface area contributed by atoms with Crippen molar-refractivity contribution in [2.24, 2.45) is 0 Å². The van der Waals surface area contributed by atoms with Gasteiger partial charge in [0.1, 0.15) is 23.7 Å². The topological polar surface area (TPSA) is 72.3 Å². The highest BCUT2D eigenvalue weighted by Gasteiger charge is 2.31. The van der Waals surface area contributed by atoms with Crippen LogP contribution >= 0.6 is 11.6 Å². The second-order valence-electron chi connectivity index (χ2n) is 9.17. The Balaban J connectivity index is 1.50.